The maximum atomic E-state index is 8.64. The molecule has 1 heterocycles. The highest BCUT2D eigenvalue weighted by Crippen LogP contribution is 2.50. The fraction of sp³-hybridized carbons (Fsp3) is 0.900. The topological polar surface area (TPSA) is 35.8 Å². The first-order valence-electron chi connectivity index (χ1n) is 5.00. The zero-order valence-corrected chi connectivity index (χ0v) is 8.70. The molecule has 0 atom stereocenters. The molecule has 2 aliphatic rings. The molecule has 0 spiro atoms. The van der Waals surface area contributed by atoms with E-state index in [0.29, 0.717) is 5.41 Å². The fourth-order valence-corrected chi connectivity index (χ4v) is 3.14. The van der Waals surface area contributed by atoms with Crippen molar-refractivity contribution < 1.29 is 0 Å². The van der Waals surface area contributed by atoms with Gasteiger partial charge in [0.1, 0.15) is 0 Å². The van der Waals surface area contributed by atoms with Crippen LogP contribution in [0.15, 0.2) is 0 Å². The highest BCUT2D eigenvalue weighted by atomic mass is 32.2. The molecule has 0 aromatic rings. The first kappa shape index (κ1) is 9.36. The maximum absolute atomic E-state index is 8.64. The summed E-state index contributed by atoms with van der Waals surface area (Å²) in [4.78, 5) is 0. The SMILES string of the molecule is N#CCC1(CSCC2CNC2)CC1. The minimum absolute atomic E-state index is 0.441. The third kappa shape index (κ3) is 2.38. The molecule has 2 fully saturated rings. The molecule has 1 aliphatic heterocycles. The Bertz CT molecular complexity index is 213. The van der Waals surface area contributed by atoms with E-state index in [2.05, 4.69) is 23.1 Å². The van der Waals surface area contributed by atoms with Gasteiger partial charge in [-0.05, 0) is 48.8 Å². The van der Waals surface area contributed by atoms with Gasteiger partial charge in [0.2, 0.25) is 0 Å². The van der Waals surface area contributed by atoms with Gasteiger partial charge < -0.3 is 5.32 Å². The van der Waals surface area contributed by atoms with E-state index in [0.717, 1.165) is 12.3 Å². The van der Waals surface area contributed by atoms with E-state index in [9.17, 15) is 0 Å². The van der Waals surface area contributed by atoms with Gasteiger partial charge in [0.25, 0.3) is 0 Å². The predicted molar refractivity (Wildman–Crippen MR) is 55.6 cm³/mol. The Labute approximate surface area is 84.1 Å². The average Bonchev–Trinajstić information content (AvgIpc) is 2.77. The maximum Gasteiger partial charge on any atom is 0.0627 e. The van der Waals surface area contributed by atoms with Crippen molar-refractivity contribution in [3.05, 3.63) is 0 Å². The third-order valence-electron chi connectivity index (χ3n) is 3.04. The van der Waals surface area contributed by atoms with Crippen LogP contribution >= 0.6 is 11.8 Å². The van der Waals surface area contributed by atoms with Crippen LogP contribution in [0.4, 0.5) is 0 Å². The predicted octanol–water partition coefficient (Wildman–Crippen LogP) is 1.63. The van der Waals surface area contributed by atoms with E-state index >= 15 is 0 Å². The number of hydrogen-bond acceptors (Lipinski definition) is 3. The Kier molecular flexibility index (Phi) is 2.80. The molecule has 0 aromatic carbocycles. The van der Waals surface area contributed by atoms with Gasteiger partial charge >= 0.3 is 0 Å². The molecule has 3 heteroatoms. The van der Waals surface area contributed by atoms with Crippen molar-refractivity contribution in [2.45, 2.75) is 19.3 Å². The average molecular weight is 196 g/mol. The third-order valence-corrected chi connectivity index (χ3v) is 4.56. The summed E-state index contributed by atoms with van der Waals surface area (Å²) in [7, 11) is 0. The van der Waals surface area contributed by atoms with E-state index in [-0.39, 0.29) is 0 Å². The van der Waals surface area contributed by atoms with Gasteiger partial charge in [-0.1, -0.05) is 0 Å². The van der Waals surface area contributed by atoms with Crippen molar-refractivity contribution in [2.75, 3.05) is 24.6 Å². The number of nitrogens with one attached hydrogen (secondary N) is 1. The Morgan fingerprint density at radius 3 is 2.69 bits per heavy atom. The van der Waals surface area contributed by atoms with Gasteiger partial charge in [-0.3, -0.25) is 0 Å². The number of thioether (sulfide) groups is 1. The quantitative estimate of drug-likeness (QED) is 0.726. The van der Waals surface area contributed by atoms with Crippen molar-refractivity contribution in [1.82, 2.24) is 5.32 Å². The van der Waals surface area contributed by atoms with Gasteiger partial charge in [0.05, 0.1) is 6.07 Å². The summed E-state index contributed by atoms with van der Waals surface area (Å²) in [6.07, 6.45) is 3.36. The molecule has 72 valence electrons. The van der Waals surface area contributed by atoms with Crippen LogP contribution in [-0.2, 0) is 0 Å². The van der Waals surface area contributed by atoms with Crippen LogP contribution < -0.4 is 5.32 Å². The molecular weight excluding hydrogens is 180 g/mol. The largest absolute Gasteiger partial charge is 0.316 e. The summed E-state index contributed by atoms with van der Waals surface area (Å²) in [5, 5.41) is 11.9. The summed E-state index contributed by atoms with van der Waals surface area (Å²) >= 11 is 2.06. The van der Waals surface area contributed by atoms with Gasteiger partial charge in [0, 0.05) is 6.42 Å². The number of nitriles is 1. The van der Waals surface area contributed by atoms with E-state index in [1.165, 1.54) is 37.4 Å². The van der Waals surface area contributed by atoms with E-state index in [1.54, 1.807) is 0 Å². The lowest BCUT2D eigenvalue weighted by molar-refractivity contribution is 0.385. The molecule has 0 amide bonds. The lowest BCUT2D eigenvalue weighted by atomic mass is 10.1. The van der Waals surface area contributed by atoms with Crippen LogP contribution in [0.25, 0.3) is 0 Å². The van der Waals surface area contributed by atoms with Gasteiger partial charge in [-0.15, -0.1) is 0 Å². The number of nitrogens with zero attached hydrogens (tertiary/aromatic N) is 1. The second kappa shape index (κ2) is 3.89. The molecular formula is C10H16N2S. The minimum atomic E-state index is 0.441. The van der Waals surface area contributed by atoms with Crippen molar-refractivity contribution in [2.24, 2.45) is 11.3 Å². The molecule has 0 unspecified atom stereocenters. The van der Waals surface area contributed by atoms with Gasteiger partial charge in [0.15, 0.2) is 0 Å². The molecule has 1 aliphatic carbocycles. The second-order valence-corrected chi connectivity index (χ2v) is 5.40. The lowest BCUT2D eigenvalue weighted by Gasteiger charge is -2.27. The minimum Gasteiger partial charge on any atom is -0.316 e. The van der Waals surface area contributed by atoms with Gasteiger partial charge in [-0.25, -0.2) is 0 Å². The Morgan fingerprint density at radius 2 is 2.23 bits per heavy atom. The fourth-order valence-electron chi connectivity index (χ4n) is 1.63. The van der Waals surface area contributed by atoms with Crippen molar-refractivity contribution in [1.29, 1.82) is 5.26 Å². The summed E-state index contributed by atoms with van der Waals surface area (Å²) in [5.74, 6) is 3.42. The summed E-state index contributed by atoms with van der Waals surface area (Å²) < 4.78 is 0. The van der Waals surface area contributed by atoms with Crippen LogP contribution in [0.3, 0.4) is 0 Å². The molecule has 1 saturated heterocycles. The molecule has 2 nitrogen and oxygen atoms in total. The van der Waals surface area contributed by atoms with E-state index < -0.39 is 0 Å². The molecule has 0 aromatic heterocycles. The first-order chi connectivity index (χ1) is 6.35. The molecule has 2 rings (SSSR count). The summed E-state index contributed by atoms with van der Waals surface area (Å²) in [5.41, 5.74) is 0.441. The molecule has 13 heavy (non-hydrogen) atoms. The lowest BCUT2D eigenvalue weighted by Crippen LogP contribution is -2.43. The van der Waals surface area contributed by atoms with Crippen LogP contribution in [0.5, 0.6) is 0 Å². The second-order valence-electron chi connectivity index (χ2n) is 4.37. The Morgan fingerprint density at radius 1 is 1.46 bits per heavy atom. The van der Waals surface area contributed by atoms with Crippen LogP contribution in [-0.4, -0.2) is 24.6 Å². The van der Waals surface area contributed by atoms with Crippen LogP contribution in [0.1, 0.15) is 19.3 Å². The van der Waals surface area contributed by atoms with Crippen LogP contribution in [0.2, 0.25) is 0 Å². The summed E-state index contributed by atoms with van der Waals surface area (Å²) in [6, 6.07) is 2.31. The first-order valence-corrected chi connectivity index (χ1v) is 6.16. The van der Waals surface area contributed by atoms with Crippen LogP contribution in [0, 0.1) is 22.7 Å². The van der Waals surface area contributed by atoms with Crippen molar-refractivity contribution in [3.8, 4) is 6.07 Å². The Hall–Kier alpha value is -0.200. The number of hydrogen-bond donors (Lipinski definition) is 1. The smallest absolute Gasteiger partial charge is 0.0627 e. The zero-order chi connectivity index (χ0) is 9.15. The summed E-state index contributed by atoms with van der Waals surface area (Å²) in [6.45, 7) is 2.41. The molecule has 0 radical (unpaired) electrons. The monoisotopic (exact) mass is 196 g/mol. The van der Waals surface area contributed by atoms with E-state index in [1.807, 2.05) is 0 Å². The molecule has 1 saturated carbocycles. The Balaban J connectivity index is 1.59. The highest BCUT2D eigenvalue weighted by Gasteiger charge is 2.42. The molecule has 0 bridgehead atoms. The van der Waals surface area contributed by atoms with E-state index in [4.69, 9.17) is 5.26 Å². The zero-order valence-electron chi connectivity index (χ0n) is 7.88. The van der Waals surface area contributed by atoms with Crippen molar-refractivity contribution in [3.63, 3.8) is 0 Å². The molecule has 1 N–H and O–H groups in total. The van der Waals surface area contributed by atoms with Crippen molar-refractivity contribution >= 4 is 11.8 Å². The standard InChI is InChI=1S/C10H16N2S/c11-4-3-10(1-2-10)8-13-7-9-5-12-6-9/h9,12H,1-3,5-8H2. The number of rotatable bonds is 5. The highest BCUT2D eigenvalue weighted by molar-refractivity contribution is 7.99. The van der Waals surface area contributed by atoms with Gasteiger partial charge in [-0.2, -0.15) is 17.0 Å². The normalized spacial score (nSPS) is 24.8.